The maximum Gasteiger partial charge on any atom is 0.339 e. The molecule has 8 heteroatoms. The van der Waals surface area contributed by atoms with Gasteiger partial charge in [0.15, 0.2) is 5.76 Å². The number of ether oxygens (including phenoxy) is 1. The Hall–Kier alpha value is -4.36. The van der Waals surface area contributed by atoms with Gasteiger partial charge in [0.25, 0.3) is 0 Å². The Kier molecular flexibility index (Phi) is 5.61. The summed E-state index contributed by atoms with van der Waals surface area (Å²) in [5.74, 6) is 0.0320. The molecule has 34 heavy (non-hydrogen) atoms. The van der Waals surface area contributed by atoms with Gasteiger partial charge in [-0.3, -0.25) is 4.79 Å². The smallest absolute Gasteiger partial charge is 0.339 e. The Balaban J connectivity index is 1.31. The molecule has 7 nitrogen and oxygen atoms in total. The van der Waals surface area contributed by atoms with Crippen LogP contribution >= 0.6 is 11.6 Å². The Morgan fingerprint density at radius 1 is 0.971 bits per heavy atom. The molecule has 2 heterocycles. The molecule has 3 aromatic carbocycles. The van der Waals surface area contributed by atoms with E-state index in [4.69, 9.17) is 25.2 Å². The van der Waals surface area contributed by atoms with Crippen LogP contribution in [0, 0.1) is 0 Å². The van der Waals surface area contributed by atoms with Crippen molar-refractivity contribution in [3.63, 3.8) is 0 Å². The Morgan fingerprint density at radius 2 is 1.82 bits per heavy atom. The van der Waals surface area contributed by atoms with Crippen molar-refractivity contribution < 1.29 is 23.2 Å². The predicted octanol–water partition coefficient (Wildman–Crippen LogP) is 6.05. The number of furan rings is 2. The summed E-state index contributed by atoms with van der Waals surface area (Å²) in [6, 6.07) is 21.7. The first-order valence-corrected chi connectivity index (χ1v) is 10.6. The molecule has 5 rings (SSSR count). The Bertz CT molecular complexity index is 1580. The molecular weight excluding hydrogens is 456 g/mol. The van der Waals surface area contributed by atoms with Crippen molar-refractivity contribution >= 4 is 51.4 Å². The van der Waals surface area contributed by atoms with E-state index >= 15 is 0 Å². The van der Waals surface area contributed by atoms with Gasteiger partial charge in [-0.1, -0.05) is 41.9 Å². The van der Waals surface area contributed by atoms with E-state index in [1.807, 2.05) is 36.4 Å². The van der Waals surface area contributed by atoms with Crippen molar-refractivity contribution in [3.8, 4) is 11.3 Å². The van der Waals surface area contributed by atoms with E-state index in [2.05, 4.69) is 10.5 Å². The molecule has 5 aromatic rings. The average molecular weight is 473 g/mol. The number of esters is 1. The third kappa shape index (κ3) is 4.04. The van der Waals surface area contributed by atoms with Gasteiger partial charge in [-0.25, -0.2) is 10.2 Å². The number of fused-ring (bicyclic) bond motifs is 3. The normalized spacial score (nSPS) is 11.4. The highest BCUT2D eigenvalue weighted by molar-refractivity contribution is 6.33. The van der Waals surface area contributed by atoms with Crippen molar-refractivity contribution in [1.29, 1.82) is 0 Å². The Morgan fingerprint density at radius 3 is 2.68 bits per heavy atom. The number of hydrogen-bond acceptors (Lipinski definition) is 6. The van der Waals surface area contributed by atoms with Crippen LogP contribution < -0.4 is 5.43 Å². The fourth-order valence-electron chi connectivity index (χ4n) is 3.64. The van der Waals surface area contributed by atoms with Crippen LogP contribution in [0.15, 0.2) is 86.7 Å². The van der Waals surface area contributed by atoms with E-state index in [0.717, 1.165) is 16.2 Å². The standard InChI is InChI=1S/C26H17ClN2O5/c1-32-26(31)20-12-16(6-9-21(20)27)22-11-8-17(33-22)14-28-29-25(30)24-13-19-18-5-3-2-4-15(18)7-10-23(19)34-24/h2-14H,1H3,(H,29,30). The highest BCUT2D eigenvalue weighted by Crippen LogP contribution is 2.29. The van der Waals surface area contributed by atoms with Crippen LogP contribution in [0.2, 0.25) is 5.02 Å². The van der Waals surface area contributed by atoms with Crippen molar-refractivity contribution in [2.75, 3.05) is 7.11 Å². The zero-order valence-electron chi connectivity index (χ0n) is 17.9. The minimum Gasteiger partial charge on any atom is -0.465 e. The molecule has 0 aliphatic rings. The maximum absolute atomic E-state index is 12.5. The molecule has 0 saturated carbocycles. The van der Waals surface area contributed by atoms with Crippen LogP contribution in [0.3, 0.4) is 0 Å². The number of amides is 1. The molecule has 0 fully saturated rings. The van der Waals surface area contributed by atoms with E-state index < -0.39 is 11.9 Å². The number of nitrogens with zero attached hydrogens (tertiary/aromatic N) is 1. The molecule has 168 valence electrons. The fourth-order valence-corrected chi connectivity index (χ4v) is 3.83. The molecule has 0 unspecified atom stereocenters. The number of carbonyl (C=O) groups is 2. The van der Waals surface area contributed by atoms with Crippen LogP contribution in [0.5, 0.6) is 0 Å². The largest absolute Gasteiger partial charge is 0.465 e. The summed E-state index contributed by atoms with van der Waals surface area (Å²) < 4.78 is 16.2. The lowest BCUT2D eigenvalue weighted by Gasteiger charge is -2.04. The minimum atomic E-state index is -0.540. The van der Waals surface area contributed by atoms with Crippen LogP contribution in [0.25, 0.3) is 33.1 Å². The first kappa shape index (κ1) is 21.5. The molecule has 2 aromatic heterocycles. The summed E-state index contributed by atoms with van der Waals surface area (Å²) in [5, 5.41) is 7.17. The number of nitrogens with one attached hydrogen (secondary N) is 1. The predicted molar refractivity (Wildman–Crippen MR) is 129 cm³/mol. The van der Waals surface area contributed by atoms with Crippen LogP contribution in [0.4, 0.5) is 0 Å². The molecular formula is C26H17ClN2O5. The quantitative estimate of drug-likeness (QED) is 0.191. The second-order valence-electron chi connectivity index (χ2n) is 7.40. The summed E-state index contributed by atoms with van der Waals surface area (Å²) in [4.78, 5) is 24.4. The lowest BCUT2D eigenvalue weighted by Crippen LogP contribution is -2.16. The lowest BCUT2D eigenvalue weighted by molar-refractivity contribution is 0.0601. The SMILES string of the molecule is COC(=O)c1cc(-c2ccc(C=NNC(=O)c3cc4c(ccc5ccccc54)o3)o2)ccc1Cl. The summed E-state index contributed by atoms with van der Waals surface area (Å²) in [7, 11) is 1.29. The number of hydrogen-bond donors (Lipinski definition) is 1. The zero-order valence-corrected chi connectivity index (χ0v) is 18.6. The molecule has 0 spiro atoms. The van der Waals surface area contributed by atoms with E-state index in [0.29, 0.717) is 22.7 Å². The first-order chi connectivity index (χ1) is 16.5. The van der Waals surface area contributed by atoms with Gasteiger partial charge in [0.2, 0.25) is 0 Å². The minimum absolute atomic E-state index is 0.153. The maximum atomic E-state index is 12.5. The van der Waals surface area contributed by atoms with Crippen LogP contribution in [-0.2, 0) is 4.74 Å². The van der Waals surface area contributed by atoms with Gasteiger partial charge >= 0.3 is 11.9 Å². The van der Waals surface area contributed by atoms with Crippen LogP contribution in [0.1, 0.15) is 26.7 Å². The van der Waals surface area contributed by atoms with E-state index in [-0.39, 0.29) is 16.3 Å². The number of rotatable bonds is 5. The van der Waals surface area contributed by atoms with Gasteiger partial charge < -0.3 is 13.6 Å². The van der Waals surface area contributed by atoms with E-state index in [1.54, 1.807) is 36.4 Å². The van der Waals surface area contributed by atoms with Crippen LogP contribution in [-0.4, -0.2) is 25.2 Å². The topological polar surface area (TPSA) is 94.0 Å². The summed E-state index contributed by atoms with van der Waals surface area (Å²) in [6.07, 6.45) is 1.37. The van der Waals surface area contributed by atoms with E-state index in [9.17, 15) is 9.59 Å². The summed E-state index contributed by atoms with van der Waals surface area (Å²) in [5.41, 5.74) is 3.94. The third-order valence-electron chi connectivity index (χ3n) is 5.29. The highest BCUT2D eigenvalue weighted by atomic mass is 35.5. The van der Waals surface area contributed by atoms with Crippen molar-refractivity contribution in [2.45, 2.75) is 0 Å². The molecule has 1 amide bonds. The lowest BCUT2D eigenvalue weighted by atomic mass is 10.1. The second kappa shape index (κ2) is 8.88. The Labute approximate surface area is 198 Å². The molecule has 0 atom stereocenters. The second-order valence-corrected chi connectivity index (χ2v) is 7.80. The van der Waals surface area contributed by atoms with Crippen molar-refractivity contribution in [1.82, 2.24) is 5.43 Å². The number of benzene rings is 3. The monoisotopic (exact) mass is 472 g/mol. The van der Waals surface area contributed by atoms with Crippen molar-refractivity contribution in [2.24, 2.45) is 5.10 Å². The van der Waals surface area contributed by atoms with Gasteiger partial charge in [-0.15, -0.1) is 0 Å². The summed E-state index contributed by atoms with van der Waals surface area (Å²) in [6.45, 7) is 0. The zero-order chi connectivity index (χ0) is 23.7. The molecule has 0 bridgehead atoms. The molecule has 0 aliphatic carbocycles. The van der Waals surface area contributed by atoms with Crippen molar-refractivity contribution in [3.05, 3.63) is 94.9 Å². The van der Waals surface area contributed by atoms with Gasteiger partial charge in [-0.2, -0.15) is 5.10 Å². The summed E-state index contributed by atoms with van der Waals surface area (Å²) >= 11 is 6.07. The highest BCUT2D eigenvalue weighted by Gasteiger charge is 2.15. The number of carbonyl (C=O) groups excluding carboxylic acids is 2. The van der Waals surface area contributed by atoms with Gasteiger partial charge in [-0.05, 0) is 53.2 Å². The first-order valence-electron chi connectivity index (χ1n) is 10.3. The molecule has 1 N–H and O–H groups in total. The van der Waals surface area contributed by atoms with Gasteiger partial charge in [0, 0.05) is 10.9 Å². The molecule has 0 radical (unpaired) electrons. The number of hydrazone groups is 1. The molecule has 0 saturated heterocycles. The van der Waals surface area contributed by atoms with Gasteiger partial charge in [0.05, 0.1) is 23.9 Å². The van der Waals surface area contributed by atoms with Gasteiger partial charge in [0.1, 0.15) is 17.1 Å². The van der Waals surface area contributed by atoms with E-state index in [1.165, 1.54) is 13.3 Å². The third-order valence-corrected chi connectivity index (χ3v) is 5.62. The molecule has 0 aliphatic heterocycles. The number of halogens is 1. The fraction of sp³-hybridized carbons (Fsp3) is 0.0385. The number of methoxy groups -OCH3 is 1. The average Bonchev–Trinajstić information content (AvgIpc) is 3.51.